The average Bonchev–Trinajstić information content (AvgIpc) is 2.28. The fourth-order valence-corrected chi connectivity index (χ4v) is 2.76. The van der Waals surface area contributed by atoms with E-state index in [0.717, 1.165) is 15.6 Å². The first-order valence-corrected chi connectivity index (χ1v) is 6.79. The number of rotatable bonds is 3. The molecule has 0 fully saturated rings. The molecule has 0 bridgehead atoms. The molecule has 0 saturated heterocycles. The van der Waals surface area contributed by atoms with Crippen LogP contribution in [0.2, 0.25) is 5.02 Å². The van der Waals surface area contributed by atoms with Gasteiger partial charge in [-0.2, -0.15) is 0 Å². The predicted molar refractivity (Wildman–Crippen MR) is 78.6 cm³/mol. The molecule has 2 nitrogen and oxygen atoms in total. The van der Waals surface area contributed by atoms with Crippen LogP contribution in [-0.2, 0) is 12.0 Å². The van der Waals surface area contributed by atoms with Crippen molar-refractivity contribution in [3.8, 4) is 0 Å². The number of nitrogens with zero attached hydrogens (tertiary/aromatic N) is 1. The van der Waals surface area contributed by atoms with Crippen molar-refractivity contribution in [2.24, 2.45) is 5.73 Å². The number of halogens is 2. The van der Waals surface area contributed by atoms with Gasteiger partial charge in [0.2, 0.25) is 0 Å². The van der Waals surface area contributed by atoms with Crippen molar-refractivity contribution in [3.05, 3.63) is 63.3 Å². The van der Waals surface area contributed by atoms with E-state index in [1.807, 2.05) is 43.5 Å². The molecule has 2 aromatic rings. The highest BCUT2D eigenvalue weighted by molar-refractivity contribution is 9.10. The molecule has 0 aliphatic heterocycles. The summed E-state index contributed by atoms with van der Waals surface area (Å²) in [6.07, 6.45) is 4.27. The molecule has 1 aromatic heterocycles. The standard InChI is InChI=1S/C14H14BrClN2/c1-14(17,12-4-2-3-5-13(12)16)7-10-6-11(15)9-18-8-10/h2-6,8-9H,7,17H2,1H3. The minimum Gasteiger partial charge on any atom is -0.321 e. The predicted octanol–water partition coefficient (Wildman–Crippen LogP) is 3.91. The number of nitrogens with two attached hydrogens (primary N) is 1. The Morgan fingerprint density at radius 1 is 1.33 bits per heavy atom. The smallest absolute Gasteiger partial charge is 0.0456 e. The van der Waals surface area contributed by atoms with Crippen LogP contribution in [0.15, 0.2) is 47.2 Å². The van der Waals surface area contributed by atoms with Crippen LogP contribution in [0, 0.1) is 0 Å². The van der Waals surface area contributed by atoms with Crippen LogP contribution in [0.25, 0.3) is 0 Å². The van der Waals surface area contributed by atoms with Crippen LogP contribution in [0.4, 0.5) is 0 Å². The third kappa shape index (κ3) is 3.10. The van der Waals surface area contributed by atoms with Crippen molar-refractivity contribution in [1.82, 2.24) is 4.98 Å². The van der Waals surface area contributed by atoms with Crippen LogP contribution in [0.5, 0.6) is 0 Å². The van der Waals surface area contributed by atoms with E-state index >= 15 is 0 Å². The fraction of sp³-hybridized carbons (Fsp3) is 0.214. The molecule has 2 rings (SSSR count). The lowest BCUT2D eigenvalue weighted by molar-refractivity contribution is 0.491. The molecule has 1 heterocycles. The Morgan fingerprint density at radius 3 is 2.72 bits per heavy atom. The molecule has 0 saturated carbocycles. The van der Waals surface area contributed by atoms with Gasteiger partial charge in [-0.25, -0.2) is 0 Å². The van der Waals surface area contributed by atoms with Crippen molar-refractivity contribution in [1.29, 1.82) is 0 Å². The molecule has 0 radical (unpaired) electrons. The van der Waals surface area contributed by atoms with Crippen LogP contribution in [0.3, 0.4) is 0 Å². The first-order valence-electron chi connectivity index (χ1n) is 5.62. The van der Waals surface area contributed by atoms with Gasteiger partial charge in [0.25, 0.3) is 0 Å². The van der Waals surface area contributed by atoms with Gasteiger partial charge in [-0.15, -0.1) is 0 Å². The molecule has 0 aliphatic rings. The normalized spacial score (nSPS) is 14.2. The molecule has 4 heteroatoms. The van der Waals surface area contributed by atoms with E-state index in [9.17, 15) is 0 Å². The van der Waals surface area contributed by atoms with Crippen LogP contribution in [0.1, 0.15) is 18.1 Å². The molecule has 94 valence electrons. The van der Waals surface area contributed by atoms with Gasteiger partial charge < -0.3 is 5.73 Å². The summed E-state index contributed by atoms with van der Waals surface area (Å²) in [5.41, 5.74) is 7.91. The highest BCUT2D eigenvalue weighted by atomic mass is 79.9. The lowest BCUT2D eigenvalue weighted by atomic mass is 9.87. The molecule has 1 aromatic carbocycles. The average molecular weight is 326 g/mol. The zero-order valence-corrected chi connectivity index (χ0v) is 12.4. The Kier molecular flexibility index (Phi) is 4.05. The van der Waals surface area contributed by atoms with Gasteiger partial charge in [-0.1, -0.05) is 29.8 Å². The van der Waals surface area contributed by atoms with Gasteiger partial charge in [0.1, 0.15) is 0 Å². The van der Waals surface area contributed by atoms with Crippen LogP contribution in [-0.4, -0.2) is 4.98 Å². The zero-order chi connectivity index (χ0) is 13.2. The second-order valence-corrected chi connectivity index (χ2v) is 5.91. The highest BCUT2D eigenvalue weighted by Gasteiger charge is 2.24. The maximum absolute atomic E-state index is 6.39. The lowest BCUT2D eigenvalue weighted by Gasteiger charge is -2.26. The van der Waals surface area contributed by atoms with Gasteiger partial charge >= 0.3 is 0 Å². The third-order valence-electron chi connectivity index (χ3n) is 2.82. The summed E-state index contributed by atoms with van der Waals surface area (Å²) in [6, 6.07) is 9.71. The summed E-state index contributed by atoms with van der Waals surface area (Å²) in [6.45, 7) is 1.98. The second-order valence-electron chi connectivity index (χ2n) is 4.59. The van der Waals surface area contributed by atoms with Gasteiger partial charge in [0.05, 0.1) is 0 Å². The van der Waals surface area contributed by atoms with E-state index in [2.05, 4.69) is 20.9 Å². The molecule has 0 spiro atoms. The van der Waals surface area contributed by atoms with E-state index in [1.54, 1.807) is 6.20 Å². The van der Waals surface area contributed by atoms with Crippen molar-refractivity contribution >= 4 is 27.5 Å². The maximum Gasteiger partial charge on any atom is 0.0456 e. The largest absolute Gasteiger partial charge is 0.321 e. The number of hydrogen-bond donors (Lipinski definition) is 1. The minimum atomic E-state index is -0.513. The Bertz CT molecular complexity index is 555. The van der Waals surface area contributed by atoms with Crippen molar-refractivity contribution in [2.75, 3.05) is 0 Å². The highest BCUT2D eigenvalue weighted by Crippen LogP contribution is 2.29. The first-order chi connectivity index (χ1) is 8.49. The first kappa shape index (κ1) is 13.5. The van der Waals surface area contributed by atoms with Crippen molar-refractivity contribution in [3.63, 3.8) is 0 Å². The van der Waals surface area contributed by atoms with E-state index in [1.165, 1.54) is 0 Å². The van der Waals surface area contributed by atoms with Crippen LogP contribution >= 0.6 is 27.5 Å². The summed E-state index contributed by atoms with van der Waals surface area (Å²) in [7, 11) is 0. The van der Waals surface area contributed by atoms with E-state index < -0.39 is 5.54 Å². The van der Waals surface area contributed by atoms with Gasteiger partial charge in [0, 0.05) is 27.4 Å². The van der Waals surface area contributed by atoms with E-state index in [-0.39, 0.29) is 0 Å². The molecule has 18 heavy (non-hydrogen) atoms. The topological polar surface area (TPSA) is 38.9 Å². The summed E-state index contributed by atoms with van der Waals surface area (Å²) in [5, 5.41) is 0.699. The van der Waals surface area contributed by atoms with Crippen molar-refractivity contribution < 1.29 is 0 Å². The minimum absolute atomic E-state index is 0.513. The SMILES string of the molecule is CC(N)(Cc1cncc(Br)c1)c1ccccc1Cl. The number of pyridine rings is 1. The summed E-state index contributed by atoms with van der Waals surface area (Å²) in [5.74, 6) is 0. The van der Waals surface area contributed by atoms with E-state index in [0.29, 0.717) is 11.4 Å². The lowest BCUT2D eigenvalue weighted by Crippen LogP contribution is -2.35. The zero-order valence-electron chi connectivity index (χ0n) is 10.0. The second kappa shape index (κ2) is 5.39. The van der Waals surface area contributed by atoms with Gasteiger partial charge in [-0.05, 0) is 52.5 Å². The number of aromatic nitrogens is 1. The molecular weight excluding hydrogens is 312 g/mol. The fourth-order valence-electron chi connectivity index (χ4n) is 2.00. The Hall–Kier alpha value is -0.900. The molecule has 1 atom stereocenters. The molecule has 2 N–H and O–H groups in total. The van der Waals surface area contributed by atoms with Gasteiger partial charge in [-0.3, -0.25) is 4.98 Å². The van der Waals surface area contributed by atoms with Gasteiger partial charge in [0.15, 0.2) is 0 Å². The Morgan fingerprint density at radius 2 is 2.06 bits per heavy atom. The van der Waals surface area contributed by atoms with Crippen LogP contribution < -0.4 is 5.73 Å². The monoisotopic (exact) mass is 324 g/mol. The summed E-state index contributed by atoms with van der Waals surface area (Å²) in [4.78, 5) is 4.15. The number of benzene rings is 1. The summed E-state index contributed by atoms with van der Waals surface area (Å²) < 4.78 is 0.954. The molecular formula is C14H14BrClN2. The Labute approximate surface area is 120 Å². The van der Waals surface area contributed by atoms with Crippen molar-refractivity contribution in [2.45, 2.75) is 18.9 Å². The molecule has 0 aliphatic carbocycles. The molecule has 0 amide bonds. The molecule has 1 unspecified atom stereocenters. The quantitative estimate of drug-likeness (QED) is 0.929. The Balaban J connectivity index is 2.30. The van der Waals surface area contributed by atoms with E-state index in [4.69, 9.17) is 17.3 Å². The number of hydrogen-bond acceptors (Lipinski definition) is 2. The maximum atomic E-state index is 6.39. The third-order valence-corrected chi connectivity index (χ3v) is 3.59. The summed E-state index contributed by atoms with van der Waals surface area (Å²) >= 11 is 9.61.